The van der Waals surface area contributed by atoms with E-state index in [0.717, 1.165) is 27.1 Å². The van der Waals surface area contributed by atoms with Crippen molar-refractivity contribution in [1.82, 2.24) is 4.31 Å². The largest absolute Gasteiger partial charge is 0.496 e. The maximum absolute atomic E-state index is 13.0. The summed E-state index contributed by atoms with van der Waals surface area (Å²) < 4.78 is 33.7. The highest BCUT2D eigenvalue weighted by Gasteiger charge is 2.37. The highest BCUT2D eigenvalue weighted by molar-refractivity contribution is 9.10. The first-order chi connectivity index (χ1) is 11.4. The lowest BCUT2D eigenvalue weighted by Crippen LogP contribution is -2.30. The summed E-state index contributed by atoms with van der Waals surface area (Å²) >= 11 is 5.11. The van der Waals surface area contributed by atoms with Crippen LogP contribution >= 0.6 is 27.7 Å². The first-order valence-corrected chi connectivity index (χ1v) is 10.8. The molecule has 0 saturated carbocycles. The minimum atomic E-state index is -3.52. The Hall–Kier alpha value is -1.02. The molecule has 1 aliphatic heterocycles. The molecule has 7 heteroatoms. The molecule has 1 aliphatic rings. The van der Waals surface area contributed by atoms with E-state index in [1.54, 1.807) is 35.3 Å². The maximum Gasteiger partial charge on any atom is 0.244 e. The Bertz CT molecular complexity index is 837. The van der Waals surface area contributed by atoms with Crippen molar-refractivity contribution in [3.8, 4) is 5.75 Å². The van der Waals surface area contributed by atoms with E-state index in [1.165, 1.54) is 0 Å². The molecule has 1 atom stereocenters. The minimum absolute atomic E-state index is 0.224. The molecule has 0 aliphatic carbocycles. The molecular formula is C17H18BrNO3S2. The number of thioether (sulfide) groups is 1. The van der Waals surface area contributed by atoms with E-state index in [9.17, 15) is 8.42 Å². The van der Waals surface area contributed by atoms with Crippen LogP contribution in [-0.4, -0.2) is 32.1 Å². The summed E-state index contributed by atoms with van der Waals surface area (Å²) in [4.78, 5) is 0.341. The highest BCUT2D eigenvalue weighted by Crippen LogP contribution is 2.43. The van der Waals surface area contributed by atoms with Crippen LogP contribution < -0.4 is 4.74 Å². The van der Waals surface area contributed by atoms with Crippen molar-refractivity contribution < 1.29 is 13.2 Å². The quantitative estimate of drug-likeness (QED) is 0.733. The van der Waals surface area contributed by atoms with Crippen LogP contribution in [0.4, 0.5) is 0 Å². The number of sulfonamides is 1. The fourth-order valence-corrected chi connectivity index (χ4v) is 6.43. The second-order valence-corrected chi connectivity index (χ2v) is 9.48. The lowest BCUT2D eigenvalue weighted by atomic mass is 10.2. The molecule has 0 amide bonds. The average Bonchev–Trinajstić information content (AvgIpc) is 3.05. The van der Waals surface area contributed by atoms with Crippen LogP contribution in [0.25, 0.3) is 0 Å². The normalized spacial score (nSPS) is 18.7. The molecule has 1 fully saturated rings. The van der Waals surface area contributed by atoms with Gasteiger partial charge in [-0.05, 0) is 52.7 Å². The third kappa shape index (κ3) is 3.35. The summed E-state index contributed by atoms with van der Waals surface area (Å²) in [6.45, 7) is 2.45. The summed E-state index contributed by atoms with van der Waals surface area (Å²) in [5.74, 6) is 1.51. The third-order valence-electron chi connectivity index (χ3n) is 3.94. The predicted octanol–water partition coefficient (Wildman–Crippen LogP) is 4.20. The average molecular weight is 428 g/mol. The van der Waals surface area contributed by atoms with Crippen molar-refractivity contribution >= 4 is 37.7 Å². The van der Waals surface area contributed by atoms with Crippen LogP contribution in [0.3, 0.4) is 0 Å². The topological polar surface area (TPSA) is 46.6 Å². The molecule has 3 rings (SSSR count). The molecule has 1 heterocycles. The molecule has 0 aromatic heterocycles. The highest BCUT2D eigenvalue weighted by atomic mass is 79.9. The second kappa shape index (κ2) is 7.07. The number of rotatable bonds is 4. The van der Waals surface area contributed by atoms with Gasteiger partial charge in [-0.25, -0.2) is 8.42 Å². The van der Waals surface area contributed by atoms with Gasteiger partial charge in [0.15, 0.2) is 0 Å². The predicted molar refractivity (Wildman–Crippen MR) is 101 cm³/mol. The van der Waals surface area contributed by atoms with Crippen molar-refractivity contribution in [2.24, 2.45) is 0 Å². The molecule has 1 saturated heterocycles. The molecule has 128 valence electrons. The first-order valence-electron chi connectivity index (χ1n) is 7.47. The van der Waals surface area contributed by atoms with Crippen molar-refractivity contribution in [2.45, 2.75) is 17.2 Å². The van der Waals surface area contributed by atoms with Crippen LogP contribution in [0, 0.1) is 6.92 Å². The number of nitrogens with zero attached hydrogens (tertiary/aromatic N) is 1. The number of aryl methyl sites for hydroxylation is 1. The summed E-state index contributed by atoms with van der Waals surface area (Å²) in [5, 5.41) is -0.224. The molecular weight excluding hydrogens is 410 g/mol. The van der Waals surface area contributed by atoms with Crippen LogP contribution in [-0.2, 0) is 10.0 Å². The molecule has 0 spiro atoms. The monoisotopic (exact) mass is 427 g/mol. The fraction of sp³-hybridized carbons (Fsp3) is 0.294. The Morgan fingerprint density at radius 1 is 1.21 bits per heavy atom. The lowest BCUT2D eigenvalue weighted by molar-refractivity contribution is 0.410. The summed E-state index contributed by atoms with van der Waals surface area (Å²) in [7, 11) is -1.91. The molecule has 24 heavy (non-hydrogen) atoms. The zero-order chi connectivity index (χ0) is 17.3. The molecule has 0 unspecified atom stereocenters. The Kier molecular flexibility index (Phi) is 5.24. The Morgan fingerprint density at radius 2 is 1.92 bits per heavy atom. The maximum atomic E-state index is 13.0. The number of benzene rings is 2. The molecule has 0 bridgehead atoms. The van der Waals surface area contributed by atoms with Gasteiger partial charge in [-0.2, -0.15) is 4.31 Å². The summed E-state index contributed by atoms with van der Waals surface area (Å²) in [6.07, 6.45) is 0. The molecule has 0 radical (unpaired) electrons. The van der Waals surface area contributed by atoms with Gasteiger partial charge in [-0.3, -0.25) is 0 Å². The Labute approximate surface area is 155 Å². The van der Waals surface area contributed by atoms with Gasteiger partial charge in [0.2, 0.25) is 10.0 Å². The summed E-state index contributed by atoms with van der Waals surface area (Å²) in [5.41, 5.74) is 1.99. The van der Waals surface area contributed by atoms with Gasteiger partial charge in [-0.15, -0.1) is 11.8 Å². The fourth-order valence-electron chi connectivity index (χ4n) is 2.65. The van der Waals surface area contributed by atoms with Crippen molar-refractivity contribution in [3.05, 3.63) is 58.1 Å². The van der Waals surface area contributed by atoms with Crippen molar-refractivity contribution in [1.29, 1.82) is 0 Å². The molecule has 2 aromatic rings. The van der Waals surface area contributed by atoms with E-state index in [4.69, 9.17) is 4.74 Å². The summed E-state index contributed by atoms with van der Waals surface area (Å²) in [6, 6.07) is 12.7. The number of ether oxygens (including phenoxy) is 1. The Balaban J connectivity index is 1.95. The van der Waals surface area contributed by atoms with Crippen LogP contribution in [0.15, 0.2) is 51.8 Å². The van der Waals surface area contributed by atoms with E-state index < -0.39 is 10.0 Å². The van der Waals surface area contributed by atoms with E-state index in [1.807, 2.05) is 37.3 Å². The number of halogens is 1. The van der Waals surface area contributed by atoms with Gasteiger partial charge in [0, 0.05) is 12.3 Å². The van der Waals surface area contributed by atoms with Gasteiger partial charge in [0.25, 0.3) is 0 Å². The smallest absolute Gasteiger partial charge is 0.244 e. The van der Waals surface area contributed by atoms with Crippen LogP contribution in [0.2, 0.25) is 0 Å². The molecule has 4 nitrogen and oxygen atoms in total. The lowest BCUT2D eigenvalue weighted by Gasteiger charge is -2.24. The number of methoxy groups -OCH3 is 1. The SMILES string of the molecule is COc1ccc([C@H]2SCCN2S(=O)(=O)c2ccc(C)cc2)cc1Br. The van der Waals surface area contributed by atoms with E-state index in [-0.39, 0.29) is 5.37 Å². The van der Waals surface area contributed by atoms with Gasteiger partial charge in [0.1, 0.15) is 5.75 Å². The third-order valence-corrected chi connectivity index (χ3v) is 7.83. The number of hydrogen-bond acceptors (Lipinski definition) is 4. The van der Waals surface area contributed by atoms with Gasteiger partial charge in [0.05, 0.1) is 21.9 Å². The van der Waals surface area contributed by atoms with Gasteiger partial charge in [-0.1, -0.05) is 23.8 Å². The molecule has 2 aromatic carbocycles. The van der Waals surface area contributed by atoms with Crippen molar-refractivity contribution in [3.63, 3.8) is 0 Å². The Morgan fingerprint density at radius 3 is 2.54 bits per heavy atom. The second-order valence-electron chi connectivity index (χ2n) is 5.55. The standard InChI is InChI=1S/C17H18BrNO3S2/c1-12-3-6-14(7-4-12)24(20,21)19-9-10-23-17(19)13-5-8-16(22-2)15(18)11-13/h3-8,11,17H,9-10H2,1-2H3/t17-/m1/s1. The zero-order valence-corrected chi connectivity index (χ0v) is 16.6. The van der Waals surface area contributed by atoms with Crippen molar-refractivity contribution in [2.75, 3.05) is 19.4 Å². The van der Waals surface area contributed by atoms with E-state index >= 15 is 0 Å². The van der Waals surface area contributed by atoms with Gasteiger partial charge < -0.3 is 4.74 Å². The van der Waals surface area contributed by atoms with E-state index in [0.29, 0.717) is 11.4 Å². The minimum Gasteiger partial charge on any atom is -0.496 e. The van der Waals surface area contributed by atoms with E-state index in [2.05, 4.69) is 15.9 Å². The number of hydrogen-bond donors (Lipinski definition) is 0. The first kappa shape index (κ1) is 17.8. The zero-order valence-electron chi connectivity index (χ0n) is 13.4. The van der Waals surface area contributed by atoms with Crippen LogP contribution in [0.1, 0.15) is 16.5 Å². The molecule has 0 N–H and O–H groups in total. The van der Waals surface area contributed by atoms with Crippen LogP contribution in [0.5, 0.6) is 5.75 Å². The van der Waals surface area contributed by atoms with Gasteiger partial charge >= 0.3 is 0 Å².